The predicted molar refractivity (Wildman–Crippen MR) is 151 cm³/mol. The molecule has 0 bridgehead atoms. The van der Waals surface area contributed by atoms with Crippen LogP contribution in [0.4, 0.5) is 5.82 Å². The quantitative estimate of drug-likeness (QED) is 0.332. The Morgan fingerprint density at radius 3 is 2.35 bits per heavy atom. The van der Waals surface area contributed by atoms with E-state index in [9.17, 15) is 4.79 Å². The van der Waals surface area contributed by atoms with Gasteiger partial charge in [0.1, 0.15) is 11.6 Å². The molecule has 40 heavy (non-hydrogen) atoms. The molecule has 5 aromatic rings. The van der Waals surface area contributed by atoms with Crippen LogP contribution in [-0.4, -0.2) is 63.5 Å². The zero-order valence-electron chi connectivity index (χ0n) is 22.2. The minimum Gasteiger partial charge on any atom is -0.454 e. The molecule has 1 amide bonds. The molecule has 2 aromatic heterocycles. The summed E-state index contributed by atoms with van der Waals surface area (Å²) >= 11 is 0. The summed E-state index contributed by atoms with van der Waals surface area (Å²) in [5.41, 5.74) is 4.37. The second-order valence-electron chi connectivity index (χ2n) is 10.0. The van der Waals surface area contributed by atoms with Crippen molar-refractivity contribution in [3.8, 4) is 17.2 Å². The molecule has 9 nitrogen and oxygen atoms in total. The number of ether oxygens (including phenoxy) is 2. The van der Waals surface area contributed by atoms with Crippen LogP contribution in [0.1, 0.15) is 27.4 Å². The van der Waals surface area contributed by atoms with Crippen molar-refractivity contribution in [2.24, 2.45) is 0 Å². The highest BCUT2D eigenvalue weighted by atomic mass is 16.7. The summed E-state index contributed by atoms with van der Waals surface area (Å²) in [6.45, 7) is 4.67. The van der Waals surface area contributed by atoms with Gasteiger partial charge in [-0.2, -0.15) is 5.10 Å². The van der Waals surface area contributed by atoms with Gasteiger partial charge in [0.2, 0.25) is 6.79 Å². The lowest BCUT2D eigenvalue weighted by molar-refractivity contribution is 0.0746. The van der Waals surface area contributed by atoms with Crippen LogP contribution in [0.25, 0.3) is 16.7 Å². The molecule has 7 rings (SSSR count). The highest BCUT2D eigenvalue weighted by Gasteiger charge is 2.28. The second kappa shape index (κ2) is 10.00. The first-order chi connectivity index (χ1) is 19.6. The largest absolute Gasteiger partial charge is 0.454 e. The van der Waals surface area contributed by atoms with Crippen molar-refractivity contribution < 1.29 is 14.3 Å². The molecule has 0 spiro atoms. The number of nitrogens with zero attached hydrogens (tertiary/aromatic N) is 6. The summed E-state index contributed by atoms with van der Waals surface area (Å²) in [5.74, 6) is 2.88. The van der Waals surface area contributed by atoms with Gasteiger partial charge < -0.3 is 19.3 Å². The van der Waals surface area contributed by atoms with Crippen LogP contribution in [0.5, 0.6) is 11.5 Å². The summed E-state index contributed by atoms with van der Waals surface area (Å²) < 4.78 is 12.8. The Hall–Kier alpha value is -4.92. The number of aromatic nitrogens is 4. The van der Waals surface area contributed by atoms with Crippen LogP contribution in [-0.2, 0) is 6.42 Å². The molecule has 1 fully saturated rings. The number of hydrogen-bond acceptors (Lipinski definition) is 7. The van der Waals surface area contributed by atoms with Gasteiger partial charge in [0, 0.05) is 38.2 Å². The Labute approximate surface area is 231 Å². The first-order valence-electron chi connectivity index (χ1n) is 13.4. The highest BCUT2D eigenvalue weighted by Crippen LogP contribution is 2.33. The van der Waals surface area contributed by atoms with E-state index in [-0.39, 0.29) is 12.7 Å². The molecule has 0 aliphatic carbocycles. The Morgan fingerprint density at radius 2 is 1.57 bits per heavy atom. The van der Waals surface area contributed by atoms with E-state index in [1.807, 2.05) is 65.0 Å². The van der Waals surface area contributed by atoms with Crippen molar-refractivity contribution in [3.63, 3.8) is 0 Å². The number of rotatable bonds is 5. The van der Waals surface area contributed by atoms with Crippen LogP contribution in [0.3, 0.4) is 0 Å². The standard InChI is InChI=1S/C31H28N6O3/c1-21-28-29(35-14-16-36(17-15-35)31(38)23-12-13-25-26(19-23)40-20-39-25)32-27(18-22-8-4-2-5-9-22)33-30(28)37(34-21)24-10-6-3-7-11-24/h2-13,19H,14-18,20H2,1H3. The fourth-order valence-electron chi connectivity index (χ4n) is 5.37. The number of para-hydroxylation sites is 1. The SMILES string of the molecule is Cc1nn(-c2ccccc2)c2nc(Cc3ccccc3)nc(N3CCN(C(=O)c4ccc5c(c4)OCO5)CC3)c12. The molecule has 200 valence electrons. The van der Waals surface area contributed by atoms with Crippen LogP contribution in [0, 0.1) is 6.92 Å². The van der Waals surface area contributed by atoms with Gasteiger partial charge in [0.05, 0.1) is 16.8 Å². The van der Waals surface area contributed by atoms with E-state index >= 15 is 0 Å². The lowest BCUT2D eigenvalue weighted by Crippen LogP contribution is -2.49. The third kappa shape index (κ3) is 4.39. The number of anilines is 1. The van der Waals surface area contributed by atoms with Gasteiger partial charge in [-0.1, -0.05) is 48.5 Å². The Morgan fingerprint density at radius 1 is 0.850 bits per heavy atom. The number of amides is 1. The zero-order valence-corrected chi connectivity index (χ0v) is 22.2. The number of benzene rings is 3. The van der Waals surface area contributed by atoms with E-state index in [2.05, 4.69) is 17.0 Å². The van der Waals surface area contributed by atoms with Crippen molar-refractivity contribution in [1.82, 2.24) is 24.6 Å². The number of piperazine rings is 1. The van der Waals surface area contributed by atoms with Gasteiger partial charge in [-0.05, 0) is 42.8 Å². The summed E-state index contributed by atoms with van der Waals surface area (Å²) in [7, 11) is 0. The molecular formula is C31H28N6O3. The fraction of sp³-hybridized carbons (Fsp3) is 0.226. The molecule has 0 atom stereocenters. The molecule has 0 unspecified atom stereocenters. The number of carbonyl (C=O) groups excluding carboxylic acids is 1. The smallest absolute Gasteiger partial charge is 0.254 e. The molecule has 2 aliphatic rings. The van der Waals surface area contributed by atoms with Crippen molar-refractivity contribution in [1.29, 1.82) is 0 Å². The van der Waals surface area contributed by atoms with Crippen molar-refractivity contribution in [2.45, 2.75) is 13.3 Å². The predicted octanol–water partition coefficient (Wildman–Crippen LogP) is 4.41. The molecule has 0 saturated carbocycles. The molecule has 0 N–H and O–H groups in total. The third-order valence-corrected chi connectivity index (χ3v) is 7.42. The van der Waals surface area contributed by atoms with Crippen molar-refractivity contribution in [2.75, 3.05) is 37.9 Å². The molecule has 1 saturated heterocycles. The van der Waals surface area contributed by atoms with E-state index in [0.717, 1.165) is 39.6 Å². The van der Waals surface area contributed by atoms with E-state index in [1.165, 1.54) is 0 Å². The van der Waals surface area contributed by atoms with E-state index < -0.39 is 0 Å². The van der Waals surface area contributed by atoms with Gasteiger partial charge in [-0.3, -0.25) is 4.79 Å². The van der Waals surface area contributed by atoms with Crippen LogP contribution in [0.2, 0.25) is 0 Å². The highest BCUT2D eigenvalue weighted by molar-refractivity contribution is 5.95. The lowest BCUT2D eigenvalue weighted by Gasteiger charge is -2.36. The normalized spacial score (nSPS) is 14.6. The van der Waals surface area contributed by atoms with Gasteiger partial charge >= 0.3 is 0 Å². The average molecular weight is 533 g/mol. The minimum atomic E-state index is -0.0105. The van der Waals surface area contributed by atoms with E-state index in [4.69, 9.17) is 24.5 Å². The fourth-order valence-corrected chi connectivity index (χ4v) is 5.37. The van der Waals surface area contributed by atoms with Crippen LogP contribution >= 0.6 is 0 Å². The van der Waals surface area contributed by atoms with E-state index in [0.29, 0.717) is 49.7 Å². The first kappa shape index (κ1) is 24.1. The monoisotopic (exact) mass is 532 g/mol. The lowest BCUT2D eigenvalue weighted by atomic mass is 10.1. The summed E-state index contributed by atoms with van der Waals surface area (Å²) in [6.07, 6.45) is 0.616. The Balaban J connectivity index is 1.21. The number of aryl methyl sites for hydroxylation is 1. The maximum atomic E-state index is 13.3. The molecule has 2 aliphatic heterocycles. The average Bonchev–Trinajstić information content (AvgIpc) is 3.61. The topological polar surface area (TPSA) is 85.6 Å². The zero-order chi connectivity index (χ0) is 27.1. The minimum absolute atomic E-state index is 0.0105. The number of hydrogen-bond donors (Lipinski definition) is 0. The summed E-state index contributed by atoms with van der Waals surface area (Å²) in [5, 5.41) is 5.82. The number of carbonyl (C=O) groups is 1. The van der Waals surface area contributed by atoms with Gasteiger partial charge in [-0.15, -0.1) is 0 Å². The van der Waals surface area contributed by atoms with Crippen LogP contribution in [0.15, 0.2) is 78.9 Å². The molecule has 0 radical (unpaired) electrons. The molecule has 4 heterocycles. The summed E-state index contributed by atoms with van der Waals surface area (Å²) in [4.78, 5) is 27.5. The van der Waals surface area contributed by atoms with Crippen molar-refractivity contribution in [3.05, 3.63) is 102 Å². The van der Waals surface area contributed by atoms with Crippen molar-refractivity contribution >= 4 is 22.8 Å². The van der Waals surface area contributed by atoms with Gasteiger partial charge in [-0.25, -0.2) is 14.6 Å². The van der Waals surface area contributed by atoms with Crippen LogP contribution < -0.4 is 14.4 Å². The summed E-state index contributed by atoms with van der Waals surface area (Å²) in [6, 6.07) is 25.7. The maximum Gasteiger partial charge on any atom is 0.254 e. The van der Waals surface area contributed by atoms with Gasteiger partial charge in [0.15, 0.2) is 17.1 Å². The molecule has 9 heteroatoms. The van der Waals surface area contributed by atoms with E-state index in [1.54, 1.807) is 18.2 Å². The Bertz CT molecular complexity index is 1700. The van der Waals surface area contributed by atoms with Gasteiger partial charge in [0.25, 0.3) is 5.91 Å². The maximum absolute atomic E-state index is 13.3. The third-order valence-electron chi connectivity index (χ3n) is 7.42. The molecule has 3 aromatic carbocycles. The second-order valence-corrected chi connectivity index (χ2v) is 10.0. The number of fused-ring (bicyclic) bond motifs is 2. The first-order valence-corrected chi connectivity index (χ1v) is 13.4. The molecular weight excluding hydrogens is 504 g/mol. The Kier molecular flexibility index (Phi) is 6.03.